The molecule has 3 aromatic rings. The van der Waals surface area contributed by atoms with Crippen LogP contribution in [0.5, 0.6) is 0 Å². The largest absolute Gasteiger partial charge is 0.480 e. The monoisotopic (exact) mass is 469 g/mol. The zero-order valence-electron chi connectivity index (χ0n) is 19.0. The average molecular weight is 469 g/mol. The minimum Gasteiger partial charge on any atom is -0.480 e. The van der Waals surface area contributed by atoms with Crippen LogP contribution in [0, 0.1) is 0 Å². The minimum absolute atomic E-state index is 0.0603. The van der Waals surface area contributed by atoms with E-state index in [2.05, 4.69) is 15.3 Å². The summed E-state index contributed by atoms with van der Waals surface area (Å²) in [6.07, 6.45) is 2.86. The first-order valence-electron chi connectivity index (χ1n) is 10.8. The molecule has 0 aliphatic rings. The van der Waals surface area contributed by atoms with Crippen molar-refractivity contribution in [2.45, 2.75) is 38.6 Å². The van der Waals surface area contributed by atoms with Gasteiger partial charge in [0.15, 0.2) is 0 Å². The number of hydrogen-bond donors (Lipinski definition) is 4. The Hall–Kier alpha value is -4.15. The van der Waals surface area contributed by atoms with E-state index >= 15 is 0 Å². The molecule has 5 N–H and O–H groups in total. The normalized spacial score (nSPS) is 11.8. The number of nitrogens with two attached hydrogens (primary N) is 1. The number of carbonyl (C=O) groups excluding carboxylic acids is 2. The molecule has 0 saturated carbocycles. The Morgan fingerprint density at radius 3 is 2.59 bits per heavy atom. The molecule has 0 unspecified atom stereocenters. The van der Waals surface area contributed by atoms with Gasteiger partial charge in [0, 0.05) is 25.2 Å². The molecule has 1 atom stereocenters. The SMILES string of the molecule is CCOC(=O)CC[C@H](NC(=O)c1ccc(CCc2cn(C)c3nc(N)[nH]c(=O)c23)cc1)C(=O)O. The summed E-state index contributed by atoms with van der Waals surface area (Å²) in [5, 5.41) is 12.3. The van der Waals surface area contributed by atoms with Gasteiger partial charge in [-0.3, -0.25) is 19.4 Å². The number of fused-ring (bicyclic) bond motifs is 1. The van der Waals surface area contributed by atoms with E-state index in [0.717, 1.165) is 11.1 Å². The lowest BCUT2D eigenvalue weighted by molar-refractivity contribution is -0.144. The summed E-state index contributed by atoms with van der Waals surface area (Å²) in [7, 11) is 1.79. The number of carboxylic acids is 1. The number of aryl methyl sites for hydroxylation is 3. The van der Waals surface area contributed by atoms with E-state index in [-0.39, 0.29) is 31.0 Å². The summed E-state index contributed by atoms with van der Waals surface area (Å²) in [6, 6.07) is 5.55. The smallest absolute Gasteiger partial charge is 0.326 e. The maximum Gasteiger partial charge on any atom is 0.326 e. The molecule has 2 aromatic heterocycles. The average Bonchev–Trinajstić information content (AvgIpc) is 3.11. The lowest BCUT2D eigenvalue weighted by Crippen LogP contribution is -2.41. The molecule has 0 spiro atoms. The molecule has 11 nitrogen and oxygen atoms in total. The second kappa shape index (κ2) is 10.6. The highest BCUT2D eigenvalue weighted by molar-refractivity contribution is 5.96. The first-order chi connectivity index (χ1) is 16.2. The maximum atomic E-state index is 12.5. The fourth-order valence-corrected chi connectivity index (χ4v) is 3.67. The van der Waals surface area contributed by atoms with Crippen molar-refractivity contribution in [2.24, 2.45) is 7.05 Å². The number of H-pyrrole nitrogens is 1. The number of rotatable bonds is 10. The maximum absolute atomic E-state index is 12.5. The highest BCUT2D eigenvalue weighted by Gasteiger charge is 2.22. The van der Waals surface area contributed by atoms with Gasteiger partial charge in [-0.2, -0.15) is 4.98 Å². The highest BCUT2D eigenvalue weighted by Crippen LogP contribution is 2.18. The van der Waals surface area contributed by atoms with Crippen molar-refractivity contribution >= 4 is 34.8 Å². The molecule has 0 aliphatic heterocycles. The number of ether oxygens (including phenoxy) is 1. The fourth-order valence-electron chi connectivity index (χ4n) is 3.67. The van der Waals surface area contributed by atoms with Crippen molar-refractivity contribution in [1.29, 1.82) is 0 Å². The summed E-state index contributed by atoms with van der Waals surface area (Å²) in [4.78, 5) is 54.4. The highest BCUT2D eigenvalue weighted by atomic mass is 16.5. The first-order valence-corrected chi connectivity index (χ1v) is 10.8. The number of aromatic nitrogens is 3. The predicted octanol–water partition coefficient (Wildman–Crippen LogP) is 1.16. The molecule has 0 radical (unpaired) electrons. The van der Waals surface area contributed by atoms with Crippen LogP contribution in [0.25, 0.3) is 11.0 Å². The molecule has 11 heteroatoms. The molecule has 0 saturated heterocycles. The number of esters is 1. The fraction of sp³-hybridized carbons (Fsp3) is 0.348. The molecule has 34 heavy (non-hydrogen) atoms. The Labute approximate surface area is 194 Å². The number of amides is 1. The minimum atomic E-state index is -1.23. The van der Waals surface area contributed by atoms with Crippen molar-refractivity contribution in [3.05, 3.63) is 57.5 Å². The van der Waals surface area contributed by atoms with E-state index in [4.69, 9.17) is 10.5 Å². The molecule has 2 heterocycles. The van der Waals surface area contributed by atoms with E-state index in [0.29, 0.717) is 29.4 Å². The lowest BCUT2D eigenvalue weighted by atomic mass is 10.0. The van der Waals surface area contributed by atoms with Crippen molar-refractivity contribution in [3.63, 3.8) is 0 Å². The van der Waals surface area contributed by atoms with Gasteiger partial charge in [-0.1, -0.05) is 12.1 Å². The van der Waals surface area contributed by atoms with Crippen molar-refractivity contribution in [2.75, 3.05) is 12.3 Å². The first kappa shape index (κ1) is 24.5. The standard InChI is InChI=1S/C23H27N5O6/c1-3-34-17(29)11-10-16(22(32)33)25-20(30)14-7-4-13(5-8-14)6-9-15-12-28(2)19-18(15)21(31)27-23(24)26-19/h4-5,7-8,12,16H,3,6,9-11H2,1-2H3,(H,25,30)(H,32,33)(H3,24,26,27,31)/t16-/m0/s1. The third-order valence-corrected chi connectivity index (χ3v) is 5.37. The summed E-state index contributed by atoms with van der Waals surface area (Å²) >= 11 is 0. The number of carboxylic acid groups (broad SMARTS) is 1. The number of anilines is 1. The Bertz CT molecular complexity index is 1260. The number of aromatic amines is 1. The van der Waals surface area contributed by atoms with Gasteiger partial charge >= 0.3 is 11.9 Å². The van der Waals surface area contributed by atoms with Gasteiger partial charge in [-0.15, -0.1) is 0 Å². The second-order valence-corrected chi connectivity index (χ2v) is 7.82. The van der Waals surface area contributed by atoms with Crippen LogP contribution in [0.4, 0.5) is 5.95 Å². The topological polar surface area (TPSA) is 169 Å². The van der Waals surface area contributed by atoms with Gasteiger partial charge in [-0.05, 0) is 49.4 Å². The predicted molar refractivity (Wildman–Crippen MR) is 124 cm³/mol. The van der Waals surface area contributed by atoms with Gasteiger partial charge in [0.1, 0.15) is 11.7 Å². The number of hydrogen-bond acceptors (Lipinski definition) is 7. The summed E-state index contributed by atoms with van der Waals surface area (Å²) in [6.45, 7) is 1.87. The zero-order chi connectivity index (χ0) is 24.8. The molecule has 0 bridgehead atoms. The van der Waals surface area contributed by atoms with Crippen LogP contribution in [-0.2, 0) is 34.2 Å². The van der Waals surface area contributed by atoms with E-state index < -0.39 is 23.9 Å². The van der Waals surface area contributed by atoms with Crippen molar-refractivity contribution in [3.8, 4) is 0 Å². The van der Waals surface area contributed by atoms with Crippen molar-refractivity contribution < 1.29 is 24.2 Å². The summed E-state index contributed by atoms with van der Waals surface area (Å²) in [5.41, 5.74) is 7.92. The van der Waals surface area contributed by atoms with E-state index in [1.54, 1.807) is 42.8 Å². The van der Waals surface area contributed by atoms with Crippen LogP contribution in [0.3, 0.4) is 0 Å². The number of nitrogens with zero attached hydrogens (tertiary/aromatic N) is 2. The van der Waals surface area contributed by atoms with Gasteiger partial charge in [-0.25, -0.2) is 4.79 Å². The van der Waals surface area contributed by atoms with Crippen molar-refractivity contribution in [1.82, 2.24) is 19.9 Å². The second-order valence-electron chi connectivity index (χ2n) is 7.82. The number of carbonyl (C=O) groups is 3. The van der Waals surface area contributed by atoms with Crippen LogP contribution in [0.1, 0.15) is 41.3 Å². The lowest BCUT2D eigenvalue weighted by Gasteiger charge is -2.14. The summed E-state index contributed by atoms with van der Waals surface area (Å²) < 4.78 is 6.55. The number of nitrogen functional groups attached to an aromatic ring is 1. The van der Waals surface area contributed by atoms with E-state index in [1.807, 2.05) is 6.20 Å². The number of benzene rings is 1. The van der Waals surface area contributed by atoms with E-state index in [1.165, 1.54) is 0 Å². The molecule has 0 aliphatic carbocycles. The Balaban J connectivity index is 1.63. The molecule has 1 amide bonds. The molecule has 180 valence electrons. The van der Waals surface area contributed by atoms with E-state index in [9.17, 15) is 24.3 Å². The third-order valence-electron chi connectivity index (χ3n) is 5.37. The number of aliphatic carboxylic acids is 1. The van der Waals surface area contributed by atoms with Crippen LogP contribution in [0.15, 0.2) is 35.3 Å². The van der Waals surface area contributed by atoms with Crippen LogP contribution in [0.2, 0.25) is 0 Å². The molecule has 3 rings (SSSR count). The molecule has 0 fully saturated rings. The Kier molecular flexibility index (Phi) is 7.67. The van der Waals surface area contributed by atoms with Crippen LogP contribution >= 0.6 is 0 Å². The molecular weight excluding hydrogens is 442 g/mol. The van der Waals surface area contributed by atoms with Gasteiger partial charge in [0.25, 0.3) is 11.5 Å². The van der Waals surface area contributed by atoms with Gasteiger partial charge in [0.2, 0.25) is 5.95 Å². The van der Waals surface area contributed by atoms with Crippen LogP contribution < -0.4 is 16.6 Å². The zero-order valence-corrected chi connectivity index (χ0v) is 19.0. The quantitative estimate of drug-likeness (QED) is 0.321. The van der Waals surface area contributed by atoms with Gasteiger partial charge < -0.3 is 25.5 Å². The van der Waals surface area contributed by atoms with Crippen LogP contribution in [-0.4, -0.2) is 50.1 Å². The third kappa shape index (κ3) is 5.80. The molecular formula is C23H27N5O6. The number of nitrogens with one attached hydrogen (secondary N) is 2. The molecule has 1 aromatic carbocycles. The summed E-state index contributed by atoms with van der Waals surface area (Å²) in [5.74, 6) is -2.23. The Morgan fingerprint density at radius 2 is 1.94 bits per heavy atom. The Morgan fingerprint density at radius 1 is 1.24 bits per heavy atom. The van der Waals surface area contributed by atoms with Gasteiger partial charge in [0.05, 0.1) is 12.0 Å².